The number of carboxylic acid groups (broad SMARTS) is 1. The Balaban J connectivity index is 1.96. The molecule has 0 unspecified atom stereocenters. The van der Waals surface area contributed by atoms with Crippen LogP contribution in [0.4, 0.5) is 4.39 Å². The van der Waals surface area contributed by atoms with E-state index in [2.05, 4.69) is 0 Å². The Morgan fingerprint density at radius 3 is 2.88 bits per heavy atom. The van der Waals surface area contributed by atoms with Crippen LogP contribution < -0.4 is 0 Å². The van der Waals surface area contributed by atoms with Crippen LogP contribution in [0.2, 0.25) is 5.02 Å². The van der Waals surface area contributed by atoms with Crippen LogP contribution in [0.3, 0.4) is 0 Å². The van der Waals surface area contributed by atoms with Crippen molar-refractivity contribution in [1.82, 2.24) is 4.90 Å². The van der Waals surface area contributed by atoms with Crippen LogP contribution in [-0.2, 0) is 11.3 Å². The molecule has 1 saturated heterocycles. The summed E-state index contributed by atoms with van der Waals surface area (Å²) in [7, 11) is 0. The first-order chi connectivity index (χ1) is 7.56. The van der Waals surface area contributed by atoms with Crippen molar-refractivity contribution in [2.75, 3.05) is 13.1 Å². The van der Waals surface area contributed by atoms with Gasteiger partial charge >= 0.3 is 5.97 Å². The van der Waals surface area contributed by atoms with Crippen LogP contribution >= 0.6 is 11.6 Å². The Bertz CT molecular complexity index is 418. The van der Waals surface area contributed by atoms with Crippen molar-refractivity contribution < 1.29 is 14.3 Å². The Hall–Kier alpha value is -1.13. The SMILES string of the molecule is O=C(O)C1CN(Cc2cc(Cl)ccc2F)C1. The van der Waals surface area contributed by atoms with E-state index in [1.807, 2.05) is 4.90 Å². The van der Waals surface area contributed by atoms with Crippen LogP contribution in [0.25, 0.3) is 0 Å². The predicted molar refractivity (Wildman–Crippen MR) is 57.8 cm³/mol. The van der Waals surface area contributed by atoms with E-state index in [9.17, 15) is 9.18 Å². The van der Waals surface area contributed by atoms with E-state index in [0.29, 0.717) is 30.2 Å². The lowest BCUT2D eigenvalue weighted by molar-refractivity contribution is -0.147. The second-order valence-electron chi connectivity index (χ2n) is 3.96. The topological polar surface area (TPSA) is 40.5 Å². The smallest absolute Gasteiger partial charge is 0.309 e. The molecular formula is C11H11ClFNO2. The minimum absolute atomic E-state index is 0.303. The number of hydrogen-bond acceptors (Lipinski definition) is 2. The maximum Gasteiger partial charge on any atom is 0.309 e. The van der Waals surface area contributed by atoms with Crippen molar-refractivity contribution in [2.45, 2.75) is 6.54 Å². The largest absolute Gasteiger partial charge is 0.481 e. The summed E-state index contributed by atoms with van der Waals surface area (Å²) >= 11 is 5.76. The molecule has 0 aromatic heterocycles. The van der Waals surface area contributed by atoms with E-state index in [4.69, 9.17) is 16.7 Å². The Labute approximate surface area is 97.4 Å². The molecule has 0 radical (unpaired) electrons. The van der Waals surface area contributed by atoms with Crippen LogP contribution in [0.5, 0.6) is 0 Å². The number of hydrogen-bond donors (Lipinski definition) is 1. The number of benzene rings is 1. The van der Waals surface area contributed by atoms with Gasteiger partial charge in [0, 0.05) is 30.2 Å². The highest BCUT2D eigenvalue weighted by Crippen LogP contribution is 2.22. The highest BCUT2D eigenvalue weighted by Gasteiger charge is 2.32. The highest BCUT2D eigenvalue weighted by atomic mass is 35.5. The molecular weight excluding hydrogens is 233 g/mol. The number of carbonyl (C=O) groups is 1. The summed E-state index contributed by atoms with van der Waals surface area (Å²) in [5.74, 6) is -1.41. The lowest BCUT2D eigenvalue weighted by Crippen LogP contribution is -2.49. The zero-order valence-electron chi connectivity index (χ0n) is 8.49. The lowest BCUT2D eigenvalue weighted by atomic mass is 9.99. The van der Waals surface area contributed by atoms with Gasteiger partial charge < -0.3 is 5.11 Å². The zero-order valence-corrected chi connectivity index (χ0v) is 9.25. The molecule has 1 N–H and O–H groups in total. The van der Waals surface area contributed by atoms with Crippen LogP contribution in [0.1, 0.15) is 5.56 Å². The second kappa shape index (κ2) is 4.39. The molecule has 16 heavy (non-hydrogen) atoms. The summed E-state index contributed by atoms with van der Waals surface area (Å²) in [6.07, 6.45) is 0. The third-order valence-corrected chi connectivity index (χ3v) is 2.94. The molecule has 1 aromatic rings. The van der Waals surface area contributed by atoms with Crippen LogP contribution in [-0.4, -0.2) is 29.1 Å². The number of carboxylic acids is 1. The fraction of sp³-hybridized carbons (Fsp3) is 0.364. The number of halogens is 2. The molecule has 0 aliphatic carbocycles. The quantitative estimate of drug-likeness (QED) is 0.883. The molecule has 1 aliphatic rings. The first kappa shape index (κ1) is 11.4. The van der Waals surface area contributed by atoms with Crippen molar-refractivity contribution in [3.63, 3.8) is 0 Å². The van der Waals surface area contributed by atoms with E-state index >= 15 is 0 Å². The van der Waals surface area contributed by atoms with Gasteiger partial charge in [-0.1, -0.05) is 11.6 Å². The summed E-state index contributed by atoms with van der Waals surface area (Å²) in [6, 6.07) is 4.40. The van der Waals surface area contributed by atoms with Gasteiger partial charge in [-0.15, -0.1) is 0 Å². The van der Waals surface area contributed by atoms with E-state index < -0.39 is 5.97 Å². The summed E-state index contributed by atoms with van der Waals surface area (Å²) in [5.41, 5.74) is 0.510. The average molecular weight is 244 g/mol. The van der Waals surface area contributed by atoms with Gasteiger partial charge in [-0.3, -0.25) is 9.69 Å². The molecule has 0 spiro atoms. The lowest BCUT2D eigenvalue weighted by Gasteiger charge is -2.36. The van der Waals surface area contributed by atoms with Crippen molar-refractivity contribution in [1.29, 1.82) is 0 Å². The third-order valence-electron chi connectivity index (χ3n) is 2.71. The minimum atomic E-state index is -0.789. The number of likely N-dealkylation sites (tertiary alicyclic amines) is 1. The van der Waals surface area contributed by atoms with Gasteiger partial charge in [-0.25, -0.2) is 4.39 Å². The molecule has 1 aliphatic heterocycles. The molecule has 1 fully saturated rings. The van der Waals surface area contributed by atoms with Crippen LogP contribution in [0, 0.1) is 11.7 Å². The van der Waals surface area contributed by atoms with E-state index in [1.54, 1.807) is 6.07 Å². The maximum atomic E-state index is 13.3. The van der Waals surface area contributed by atoms with Gasteiger partial charge in [-0.05, 0) is 18.2 Å². The average Bonchev–Trinajstić information content (AvgIpc) is 2.15. The number of aliphatic carboxylic acids is 1. The van der Waals surface area contributed by atoms with Crippen molar-refractivity contribution in [3.8, 4) is 0 Å². The van der Waals surface area contributed by atoms with Gasteiger partial charge in [0.15, 0.2) is 0 Å². The van der Waals surface area contributed by atoms with E-state index in [-0.39, 0.29) is 11.7 Å². The highest BCUT2D eigenvalue weighted by molar-refractivity contribution is 6.30. The van der Waals surface area contributed by atoms with E-state index in [1.165, 1.54) is 12.1 Å². The molecule has 1 aromatic carbocycles. The molecule has 0 bridgehead atoms. The summed E-state index contributed by atoms with van der Waals surface area (Å²) in [5, 5.41) is 9.19. The van der Waals surface area contributed by atoms with Gasteiger partial charge in [0.05, 0.1) is 5.92 Å². The normalized spacial score (nSPS) is 17.1. The molecule has 86 valence electrons. The van der Waals surface area contributed by atoms with Gasteiger partial charge in [0.25, 0.3) is 0 Å². The molecule has 2 rings (SSSR count). The summed E-state index contributed by atoms with van der Waals surface area (Å²) in [4.78, 5) is 12.5. The zero-order chi connectivity index (χ0) is 11.7. The van der Waals surface area contributed by atoms with Crippen molar-refractivity contribution >= 4 is 17.6 Å². The van der Waals surface area contributed by atoms with Crippen molar-refractivity contribution in [2.24, 2.45) is 5.92 Å². The summed E-state index contributed by atoms with van der Waals surface area (Å²) in [6.45, 7) is 1.36. The van der Waals surface area contributed by atoms with Crippen molar-refractivity contribution in [3.05, 3.63) is 34.6 Å². The van der Waals surface area contributed by atoms with Gasteiger partial charge in [0.2, 0.25) is 0 Å². The fourth-order valence-electron chi connectivity index (χ4n) is 1.76. The molecule has 0 saturated carbocycles. The second-order valence-corrected chi connectivity index (χ2v) is 4.40. The van der Waals surface area contributed by atoms with E-state index in [0.717, 1.165) is 0 Å². The molecule has 1 heterocycles. The molecule has 0 amide bonds. The monoisotopic (exact) mass is 243 g/mol. The predicted octanol–water partition coefficient (Wildman–Crippen LogP) is 2.00. The Kier molecular flexibility index (Phi) is 3.12. The number of nitrogens with zero attached hydrogens (tertiary/aromatic N) is 1. The molecule has 3 nitrogen and oxygen atoms in total. The first-order valence-corrected chi connectivity index (χ1v) is 5.33. The summed E-state index contributed by atoms with van der Waals surface area (Å²) < 4.78 is 13.3. The molecule has 0 atom stereocenters. The van der Waals surface area contributed by atoms with Gasteiger partial charge in [-0.2, -0.15) is 0 Å². The number of rotatable bonds is 3. The van der Waals surface area contributed by atoms with Gasteiger partial charge in [0.1, 0.15) is 5.82 Å². The molecule has 5 heteroatoms. The first-order valence-electron chi connectivity index (χ1n) is 4.95. The minimum Gasteiger partial charge on any atom is -0.481 e. The Morgan fingerprint density at radius 2 is 2.25 bits per heavy atom. The standard InChI is InChI=1S/C11H11ClFNO2/c12-9-1-2-10(13)7(3-9)4-14-5-8(6-14)11(15)16/h1-3,8H,4-6H2,(H,15,16). The maximum absolute atomic E-state index is 13.3. The van der Waals surface area contributed by atoms with Crippen LogP contribution in [0.15, 0.2) is 18.2 Å². The Morgan fingerprint density at radius 1 is 1.56 bits per heavy atom. The fourth-order valence-corrected chi connectivity index (χ4v) is 1.96. The third kappa shape index (κ3) is 2.33.